The molecule has 2 saturated heterocycles. The zero-order valence-electron chi connectivity index (χ0n) is 33.6. The van der Waals surface area contributed by atoms with Gasteiger partial charge in [0.15, 0.2) is 0 Å². The third-order valence-electron chi connectivity index (χ3n) is 12.1. The summed E-state index contributed by atoms with van der Waals surface area (Å²) in [5, 5.41) is 11.7. The number of Topliss-reactive ketones (excluding diaryl/α,β-unsaturated/α-hetero) is 1. The number of rotatable bonds is 13. The van der Waals surface area contributed by atoms with E-state index in [2.05, 4.69) is 21.3 Å². The summed E-state index contributed by atoms with van der Waals surface area (Å²) in [6, 6.07) is -3.16. The Hall–Kier alpha value is -3.51. The van der Waals surface area contributed by atoms with Crippen LogP contribution in [0.3, 0.4) is 0 Å². The minimum atomic E-state index is -1.27. The number of nitrogens with zero attached hydrogens (tertiary/aromatic N) is 2. The van der Waals surface area contributed by atoms with E-state index in [9.17, 15) is 33.6 Å². The van der Waals surface area contributed by atoms with Gasteiger partial charge in [-0.1, -0.05) is 82.1 Å². The van der Waals surface area contributed by atoms with E-state index in [1.807, 2.05) is 69.2 Å². The number of hydrogen-bond donors (Lipinski definition) is 4. The average molecular weight is 741 g/mol. The molecule has 0 spiro atoms. The molecule has 13 nitrogen and oxygen atoms in total. The zero-order valence-corrected chi connectivity index (χ0v) is 33.6. The molecular weight excluding hydrogens is 676 g/mol. The van der Waals surface area contributed by atoms with Crippen molar-refractivity contribution < 1.29 is 33.6 Å². The SMILES string of the molecule is CC(C)[C@H]1CCN(C(=O)[C@@H](NC(=O)N[C@H](CN2C(=O)CC(C)(C)CC2=O)C(C)(C)C)C(C)(C)C)[C@@H]1C(=O)NC1(C(=O)C(=O)NC2CC2)CC1CC1CC1. The lowest BCUT2D eigenvalue weighted by Crippen LogP contribution is -2.63. The van der Waals surface area contributed by atoms with Crippen LogP contribution in [0.2, 0.25) is 0 Å². The number of carbonyl (C=O) groups is 7. The van der Waals surface area contributed by atoms with Crippen molar-refractivity contribution >= 4 is 41.4 Å². The Kier molecular flexibility index (Phi) is 11.2. The van der Waals surface area contributed by atoms with Crippen LogP contribution in [0, 0.1) is 39.9 Å². The molecule has 0 aromatic rings. The Balaban J connectivity index is 1.33. The van der Waals surface area contributed by atoms with Crippen molar-refractivity contribution in [3.8, 4) is 0 Å². The van der Waals surface area contributed by atoms with Crippen molar-refractivity contribution in [2.24, 2.45) is 39.9 Å². The van der Waals surface area contributed by atoms with Crippen molar-refractivity contribution in [1.82, 2.24) is 31.1 Å². The van der Waals surface area contributed by atoms with Gasteiger partial charge in [0.1, 0.15) is 17.6 Å². The molecular formula is C40H64N6O7. The highest BCUT2D eigenvalue weighted by Crippen LogP contribution is 2.52. The predicted molar refractivity (Wildman–Crippen MR) is 199 cm³/mol. The minimum Gasteiger partial charge on any atom is -0.347 e. The van der Waals surface area contributed by atoms with Crippen molar-refractivity contribution in [1.29, 1.82) is 0 Å². The lowest BCUT2D eigenvalue weighted by Gasteiger charge is -2.40. The molecule has 53 heavy (non-hydrogen) atoms. The monoisotopic (exact) mass is 740 g/mol. The second-order valence-electron chi connectivity index (χ2n) is 20.0. The fourth-order valence-corrected chi connectivity index (χ4v) is 8.21. The van der Waals surface area contributed by atoms with Crippen LogP contribution < -0.4 is 21.3 Å². The molecule has 0 aromatic carbocycles. The van der Waals surface area contributed by atoms with Gasteiger partial charge < -0.3 is 26.2 Å². The molecule has 2 aliphatic heterocycles. The summed E-state index contributed by atoms with van der Waals surface area (Å²) in [7, 11) is 0. The van der Waals surface area contributed by atoms with Crippen molar-refractivity contribution in [3.63, 3.8) is 0 Å². The standard InChI is InChI=1S/C40H64N6O7/c1-22(2)26-15-16-45(30(26)33(50)44-40(18-24(40)17-23-11-12-23)32(49)34(51)41-25-13-14-25)35(52)31(38(6,7)8)43-36(53)42-27(37(3,4)5)21-46-28(47)19-39(9,10)20-29(46)48/h22-27,30-31H,11-21H2,1-10H3,(H,41,51)(H,44,50)(H2,42,43,53)/t24?,26-,27-,30+,31-,40?/m1/s1. The molecule has 0 bridgehead atoms. The lowest BCUT2D eigenvalue weighted by molar-refractivity contribution is -0.153. The van der Waals surface area contributed by atoms with Crippen LogP contribution in [0.5, 0.6) is 0 Å². The first-order chi connectivity index (χ1) is 24.4. The molecule has 7 amide bonds. The van der Waals surface area contributed by atoms with Gasteiger partial charge in [-0.05, 0) is 72.0 Å². The number of hydrogen-bond acceptors (Lipinski definition) is 7. The first-order valence-electron chi connectivity index (χ1n) is 19.8. The third kappa shape index (κ3) is 9.42. The highest BCUT2D eigenvalue weighted by molar-refractivity contribution is 6.41. The number of ketones is 1. The zero-order chi connectivity index (χ0) is 39.4. The summed E-state index contributed by atoms with van der Waals surface area (Å²) in [6.07, 6.45) is 6.07. The van der Waals surface area contributed by atoms with Crippen LogP contribution in [0.1, 0.15) is 127 Å². The van der Waals surface area contributed by atoms with Crippen molar-refractivity contribution in [3.05, 3.63) is 0 Å². The van der Waals surface area contributed by atoms with Gasteiger partial charge in [0.25, 0.3) is 5.91 Å². The molecule has 0 radical (unpaired) electrons. The Morgan fingerprint density at radius 3 is 1.96 bits per heavy atom. The summed E-state index contributed by atoms with van der Waals surface area (Å²) in [4.78, 5) is 98.3. The predicted octanol–water partition coefficient (Wildman–Crippen LogP) is 3.69. The Morgan fingerprint density at radius 1 is 0.849 bits per heavy atom. The van der Waals surface area contributed by atoms with Crippen molar-refractivity contribution in [2.75, 3.05) is 13.1 Å². The van der Waals surface area contributed by atoms with Crippen molar-refractivity contribution in [2.45, 2.75) is 157 Å². The van der Waals surface area contributed by atoms with E-state index in [4.69, 9.17) is 0 Å². The summed E-state index contributed by atoms with van der Waals surface area (Å²) in [5.74, 6) is -2.44. The highest BCUT2D eigenvalue weighted by atomic mass is 16.2. The van der Waals surface area contributed by atoms with E-state index in [0.717, 1.165) is 32.1 Å². The van der Waals surface area contributed by atoms with Crippen LogP contribution >= 0.6 is 0 Å². The number of imide groups is 1. The molecule has 13 heteroatoms. The quantitative estimate of drug-likeness (QED) is 0.165. The summed E-state index contributed by atoms with van der Waals surface area (Å²) in [5.41, 5.74) is -3.01. The smallest absolute Gasteiger partial charge is 0.315 e. The first-order valence-corrected chi connectivity index (χ1v) is 19.8. The third-order valence-corrected chi connectivity index (χ3v) is 12.1. The maximum atomic E-state index is 14.6. The molecule has 2 heterocycles. The fraction of sp³-hybridized carbons (Fsp3) is 0.825. The van der Waals surface area contributed by atoms with Crippen LogP contribution in [-0.2, 0) is 28.8 Å². The number of amides is 7. The maximum absolute atomic E-state index is 14.6. The highest BCUT2D eigenvalue weighted by Gasteiger charge is 2.64. The van der Waals surface area contributed by atoms with Gasteiger partial charge in [0.2, 0.25) is 29.4 Å². The molecule has 3 saturated carbocycles. The van der Waals surface area contributed by atoms with Gasteiger partial charge in [-0.3, -0.25) is 33.7 Å². The molecule has 296 valence electrons. The largest absolute Gasteiger partial charge is 0.347 e. The Labute approximate surface area is 315 Å². The van der Waals surface area contributed by atoms with Crippen LogP contribution in [-0.4, -0.2) is 93.9 Å². The van der Waals surface area contributed by atoms with Crippen LogP contribution in [0.25, 0.3) is 0 Å². The molecule has 5 rings (SSSR count). The number of urea groups is 1. The second kappa shape index (κ2) is 14.6. The molecule has 5 fully saturated rings. The fourth-order valence-electron chi connectivity index (χ4n) is 8.21. The molecule has 2 unspecified atom stereocenters. The number of carbonyl (C=O) groups excluding carboxylic acids is 7. The lowest BCUT2D eigenvalue weighted by atomic mass is 9.80. The number of piperidine rings is 1. The molecule has 3 aliphatic carbocycles. The van der Waals surface area contributed by atoms with Gasteiger partial charge >= 0.3 is 6.03 Å². The molecule has 0 aromatic heterocycles. The maximum Gasteiger partial charge on any atom is 0.315 e. The van der Waals surface area contributed by atoms with Gasteiger partial charge in [-0.25, -0.2) is 4.79 Å². The van der Waals surface area contributed by atoms with Gasteiger partial charge in [0, 0.05) is 32.0 Å². The van der Waals surface area contributed by atoms with Gasteiger partial charge in [-0.15, -0.1) is 0 Å². The van der Waals surface area contributed by atoms with E-state index in [-0.39, 0.29) is 55.0 Å². The molecule has 6 atom stereocenters. The van der Waals surface area contributed by atoms with Crippen LogP contribution in [0.4, 0.5) is 4.79 Å². The van der Waals surface area contributed by atoms with Crippen LogP contribution in [0.15, 0.2) is 0 Å². The van der Waals surface area contributed by atoms with E-state index >= 15 is 0 Å². The van der Waals surface area contributed by atoms with E-state index in [1.54, 1.807) is 4.90 Å². The van der Waals surface area contributed by atoms with E-state index < -0.39 is 69.4 Å². The average Bonchev–Trinajstić information content (AvgIpc) is 3.97. The summed E-state index contributed by atoms with van der Waals surface area (Å²) in [6.45, 7) is 19.3. The van der Waals surface area contributed by atoms with Gasteiger partial charge in [0.05, 0.1) is 6.04 Å². The minimum absolute atomic E-state index is 0.00409. The summed E-state index contributed by atoms with van der Waals surface area (Å²) < 4.78 is 0. The Bertz CT molecular complexity index is 1480. The number of likely N-dealkylation sites (tertiary alicyclic amines) is 2. The number of nitrogens with one attached hydrogen (secondary N) is 4. The summed E-state index contributed by atoms with van der Waals surface area (Å²) >= 11 is 0. The normalized spacial score (nSPS) is 28.3. The first kappa shape index (κ1) is 40.7. The topological polar surface area (TPSA) is 174 Å². The second-order valence-corrected chi connectivity index (χ2v) is 20.0. The molecule has 5 aliphatic rings. The van der Waals surface area contributed by atoms with E-state index in [0.29, 0.717) is 25.3 Å². The van der Waals surface area contributed by atoms with E-state index in [1.165, 1.54) is 4.90 Å². The molecule has 4 N–H and O–H groups in total. The van der Waals surface area contributed by atoms with Gasteiger partial charge in [-0.2, -0.15) is 0 Å². The Morgan fingerprint density at radius 2 is 1.45 bits per heavy atom.